The highest BCUT2D eigenvalue weighted by molar-refractivity contribution is 7.80. The fourth-order valence-electron chi connectivity index (χ4n) is 2.23. The topological polar surface area (TPSA) is 46.3 Å². The van der Waals surface area contributed by atoms with Crippen LogP contribution < -0.4 is 5.73 Å². The van der Waals surface area contributed by atoms with Crippen LogP contribution in [-0.2, 0) is 4.79 Å². The summed E-state index contributed by atoms with van der Waals surface area (Å²) in [5, 5.41) is 0.662. The summed E-state index contributed by atoms with van der Waals surface area (Å²) in [6, 6.07) is 7.44. The van der Waals surface area contributed by atoms with Gasteiger partial charge in [-0.2, -0.15) is 0 Å². The van der Waals surface area contributed by atoms with Gasteiger partial charge in [-0.3, -0.25) is 4.79 Å². The second-order valence-electron chi connectivity index (χ2n) is 5.06. The van der Waals surface area contributed by atoms with Crippen LogP contribution in [0.5, 0.6) is 0 Å². The summed E-state index contributed by atoms with van der Waals surface area (Å²) in [5.74, 6) is -0.00702. The first-order valence-corrected chi connectivity index (χ1v) is 7.00. The predicted octanol–water partition coefficient (Wildman–Crippen LogP) is 2.93. The van der Waals surface area contributed by atoms with Gasteiger partial charge in [0, 0.05) is 12.1 Å². The van der Waals surface area contributed by atoms with Gasteiger partial charge < -0.3 is 10.6 Å². The molecule has 1 fully saturated rings. The van der Waals surface area contributed by atoms with Gasteiger partial charge in [0.05, 0.1) is 16.4 Å². The quantitative estimate of drug-likeness (QED) is 0.869. The Hall–Kier alpha value is -1.13. The van der Waals surface area contributed by atoms with Crippen LogP contribution in [0, 0.1) is 5.41 Å². The fourth-order valence-corrected chi connectivity index (χ4v) is 2.81. The van der Waals surface area contributed by atoms with E-state index in [0.29, 0.717) is 10.0 Å². The molecule has 1 aliphatic rings. The van der Waals surface area contributed by atoms with Crippen LogP contribution in [0.25, 0.3) is 0 Å². The molecular formula is C14H17ClN2OS. The SMILES string of the molecule is CC(c1ccccc1Cl)N(C)C(=O)C1(C(N)=S)CC1. The van der Waals surface area contributed by atoms with Gasteiger partial charge in [-0.05, 0) is 31.4 Å². The highest BCUT2D eigenvalue weighted by atomic mass is 35.5. The van der Waals surface area contributed by atoms with Crippen molar-refractivity contribution in [1.82, 2.24) is 4.90 Å². The minimum absolute atomic E-state index is 0.00702. The zero-order valence-corrected chi connectivity index (χ0v) is 12.6. The van der Waals surface area contributed by atoms with Crippen LogP contribution in [0.15, 0.2) is 24.3 Å². The molecule has 0 heterocycles. The van der Waals surface area contributed by atoms with Gasteiger partial charge in [0.1, 0.15) is 0 Å². The number of benzene rings is 1. The van der Waals surface area contributed by atoms with Crippen molar-refractivity contribution in [3.8, 4) is 0 Å². The number of amides is 1. The smallest absolute Gasteiger partial charge is 0.235 e. The molecule has 0 aliphatic heterocycles. The molecule has 1 aromatic rings. The lowest BCUT2D eigenvalue weighted by atomic mass is 10.0. The van der Waals surface area contributed by atoms with Crippen molar-refractivity contribution in [2.45, 2.75) is 25.8 Å². The summed E-state index contributed by atoms with van der Waals surface area (Å²) < 4.78 is 0. The summed E-state index contributed by atoms with van der Waals surface area (Å²) in [6.07, 6.45) is 1.50. The largest absolute Gasteiger partial charge is 0.392 e. The molecule has 2 N–H and O–H groups in total. The molecule has 0 aromatic heterocycles. The van der Waals surface area contributed by atoms with Gasteiger partial charge in [0.2, 0.25) is 5.91 Å². The highest BCUT2D eigenvalue weighted by Crippen LogP contribution is 2.48. The molecule has 1 unspecified atom stereocenters. The molecule has 102 valence electrons. The summed E-state index contributed by atoms with van der Waals surface area (Å²) in [5.41, 5.74) is 6.02. The number of hydrogen-bond donors (Lipinski definition) is 1. The van der Waals surface area contributed by atoms with Crippen molar-refractivity contribution in [2.24, 2.45) is 11.1 Å². The van der Waals surface area contributed by atoms with E-state index >= 15 is 0 Å². The molecule has 1 saturated carbocycles. The first kappa shape index (κ1) is 14.3. The highest BCUT2D eigenvalue weighted by Gasteiger charge is 2.54. The second-order valence-corrected chi connectivity index (χ2v) is 5.91. The molecule has 1 aromatic carbocycles. The van der Waals surface area contributed by atoms with Gasteiger partial charge in [-0.1, -0.05) is 42.0 Å². The third-order valence-electron chi connectivity index (χ3n) is 3.89. The van der Waals surface area contributed by atoms with E-state index in [9.17, 15) is 4.79 Å². The molecule has 1 amide bonds. The van der Waals surface area contributed by atoms with Crippen molar-refractivity contribution in [3.63, 3.8) is 0 Å². The van der Waals surface area contributed by atoms with Gasteiger partial charge >= 0.3 is 0 Å². The minimum Gasteiger partial charge on any atom is -0.392 e. The lowest BCUT2D eigenvalue weighted by molar-refractivity contribution is -0.135. The minimum atomic E-state index is -0.612. The molecule has 0 radical (unpaired) electrons. The van der Waals surface area contributed by atoms with Gasteiger partial charge in [0.15, 0.2) is 0 Å². The van der Waals surface area contributed by atoms with Gasteiger partial charge in [-0.25, -0.2) is 0 Å². The Morgan fingerprint density at radius 1 is 1.47 bits per heavy atom. The Balaban J connectivity index is 2.21. The molecule has 1 atom stereocenters. The average Bonchev–Trinajstić information content (AvgIpc) is 3.18. The van der Waals surface area contributed by atoms with E-state index in [1.807, 2.05) is 31.2 Å². The molecule has 5 heteroatoms. The summed E-state index contributed by atoms with van der Waals surface area (Å²) in [7, 11) is 1.77. The van der Waals surface area contributed by atoms with E-state index in [2.05, 4.69) is 0 Å². The number of halogens is 1. The van der Waals surface area contributed by atoms with Gasteiger partial charge in [0.25, 0.3) is 0 Å². The lowest BCUT2D eigenvalue weighted by Crippen LogP contribution is -2.41. The number of carbonyl (C=O) groups is 1. The normalized spacial score (nSPS) is 17.6. The number of nitrogens with zero attached hydrogens (tertiary/aromatic N) is 1. The zero-order chi connectivity index (χ0) is 14.2. The summed E-state index contributed by atoms with van der Waals surface area (Å²) >= 11 is 11.2. The third-order valence-corrected chi connectivity index (χ3v) is 4.62. The molecule has 2 rings (SSSR count). The first-order valence-electron chi connectivity index (χ1n) is 6.22. The van der Waals surface area contributed by atoms with Crippen LogP contribution in [0.1, 0.15) is 31.4 Å². The monoisotopic (exact) mass is 296 g/mol. The Morgan fingerprint density at radius 2 is 2.05 bits per heavy atom. The van der Waals surface area contributed by atoms with E-state index in [0.717, 1.165) is 18.4 Å². The predicted molar refractivity (Wildman–Crippen MR) is 81.1 cm³/mol. The molecular weight excluding hydrogens is 280 g/mol. The van der Waals surface area contributed by atoms with Crippen molar-refractivity contribution >= 4 is 34.7 Å². The van der Waals surface area contributed by atoms with Gasteiger partial charge in [-0.15, -0.1) is 0 Å². The third kappa shape index (κ3) is 2.47. The second kappa shape index (κ2) is 5.10. The fraction of sp³-hybridized carbons (Fsp3) is 0.429. The van der Waals surface area contributed by atoms with E-state index in [1.54, 1.807) is 11.9 Å². The number of nitrogens with two attached hydrogens (primary N) is 1. The van der Waals surface area contributed by atoms with Crippen LogP contribution >= 0.6 is 23.8 Å². The number of rotatable bonds is 4. The van der Waals surface area contributed by atoms with Crippen molar-refractivity contribution in [3.05, 3.63) is 34.9 Å². The van der Waals surface area contributed by atoms with E-state index in [1.165, 1.54) is 0 Å². The maximum absolute atomic E-state index is 12.5. The standard InChI is InChI=1S/C14H17ClN2OS/c1-9(10-5-3-4-6-11(10)15)17(2)13(18)14(7-8-14)12(16)19/h3-6,9H,7-8H2,1-2H3,(H2,16,19). The summed E-state index contributed by atoms with van der Waals surface area (Å²) in [6.45, 7) is 1.95. The van der Waals surface area contributed by atoms with Crippen LogP contribution in [-0.4, -0.2) is 22.8 Å². The van der Waals surface area contributed by atoms with Crippen LogP contribution in [0.2, 0.25) is 5.02 Å². The molecule has 0 bridgehead atoms. The average molecular weight is 297 g/mol. The molecule has 19 heavy (non-hydrogen) atoms. The number of carbonyl (C=O) groups excluding carboxylic acids is 1. The Morgan fingerprint density at radius 3 is 2.53 bits per heavy atom. The maximum atomic E-state index is 12.5. The van der Waals surface area contributed by atoms with Crippen molar-refractivity contribution < 1.29 is 4.79 Å². The lowest BCUT2D eigenvalue weighted by Gasteiger charge is -2.29. The molecule has 1 aliphatic carbocycles. The Kier molecular flexibility index (Phi) is 3.83. The molecule has 0 saturated heterocycles. The Bertz CT molecular complexity index is 528. The van der Waals surface area contributed by atoms with Crippen molar-refractivity contribution in [2.75, 3.05) is 7.05 Å². The van der Waals surface area contributed by atoms with E-state index < -0.39 is 5.41 Å². The molecule has 0 spiro atoms. The molecule has 3 nitrogen and oxygen atoms in total. The summed E-state index contributed by atoms with van der Waals surface area (Å²) in [4.78, 5) is 14.5. The maximum Gasteiger partial charge on any atom is 0.235 e. The number of thiocarbonyl (C=S) groups is 1. The zero-order valence-electron chi connectivity index (χ0n) is 11.0. The number of hydrogen-bond acceptors (Lipinski definition) is 2. The van der Waals surface area contributed by atoms with E-state index in [4.69, 9.17) is 29.6 Å². The van der Waals surface area contributed by atoms with Crippen molar-refractivity contribution in [1.29, 1.82) is 0 Å². The van der Waals surface area contributed by atoms with E-state index in [-0.39, 0.29) is 11.9 Å². The first-order chi connectivity index (χ1) is 8.90. The Labute approximate surface area is 123 Å². The van der Waals surface area contributed by atoms with Crippen LogP contribution in [0.4, 0.5) is 0 Å². The van der Waals surface area contributed by atoms with Crippen LogP contribution in [0.3, 0.4) is 0 Å².